The SMILES string of the molecule is CC(C)(O)CN1CNc2cc(Br)ccc2C1=O. The van der Waals surface area contributed by atoms with Gasteiger partial charge in [-0.1, -0.05) is 15.9 Å². The number of nitrogens with zero attached hydrogens (tertiary/aromatic N) is 1. The predicted octanol–water partition coefficient (Wildman–Crippen LogP) is 2.05. The normalized spacial score (nSPS) is 15.5. The van der Waals surface area contributed by atoms with E-state index in [-0.39, 0.29) is 5.91 Å². The number of carbonyl (C=O) groups is 1. The molecule has 5 heteroatoms. The lowest BCUT2D eigenvalue weighted by molar-refractivity contribution is 0.0311. The molecular formula is C12H15BrN2O2. The zero-order chi connectivity index (χ0) is 12.6. The first-order chi connectivity index (χ1) is 7.87. The van der Waals surface area contributed by atoms with Crippen molar-refractivity contribution in [1.29, 1.82) is 0 Å². The van der Waals surface area contributed by atoms with Gasteiger partial charge in [0, 0.05) is 10.2 Å². The Labute approximate surface area is 109 Å². The van der Waals surface area contributed by atoms with Crippen molar-refractivity contribution in [3.63, 3.8) is 0 Å². The van der Waals surface area contributed by atoms with Gasteiger partial charge in [0.25, 0.3) is 5.91 Å². The quantitative estimate of drug-likeness (QED) is 0.879. The average molecular weight is 299 g/mol. The molecule has 0 bridgehead atoms. The number of benzene rings is 1. The van der Waals surface area contributed by atoms with Crippen LogP contribution in [0, 0.1) is 0 Å². The molecule has 2 N–H and O–H groups in total. The van der Waals surface area contributed by atoms with Gasteiger partial charge < -0.3 is 15.3 Å². The maximum atomic E-state index is 12.2. The number of aliphatic hydroxyl groups is 1. The molecule has 1 aliphatic heterocycles. The number of β-amino-alcohol motifs (C(OH)–C–C–N with tert-alkyl or cyclic N) is 1. The molecule has 4 nitrogen and oxygen atoms in total. The molecule has 0 saturated heterocycles. The molecule has 0 saturated carbocycles. The molecule has 0 radical (unpaired) electrons. The van der Waals surface area contributed by atoms with Gasteiger partial charge in [-0.25, -0.2) is 0 Å². The highest BCUT2D eigenvalue weighted by molar-refractivity contribution is 9.10. The topological polar surface area (TPSA) is 52.6 Å². The van der Waals surface area contributed by atoms with Gasteiger partial charge in [0.05, 0.1) is 24.4 Å². The fraction of sp³-hybridized carbons (Fsp3) is 0.417. The third kappa shape index (κ3) is 2.79. The number of halogens is 1. The molecule has 0 atom stereocenters. The molecule has 17 heavy (non-hydrogen) atoms. The minimum Gasteiger partial charge on any atom is -0.389 e. The number of hydrogen-bond donors (Lipinski definition) is 2. The minimum absolute atomic E-state index is 0.0478. The van der Waals surface area contributed by atoms with Crippen LogP contribution in [-0.4, -0.2) is 34.7 Å². The van der Waals surface area contributed by atoms with Crippen LogP contribution in [-0.2, 0) is 0 Å². The number of anilines is 1. The summed E-state index contributed by atoms with van der Waals surface area (Å²) in [6.07, 6.45) is 0. The Morgan fingerprint density at radius 2 is 2.24 bits per heavy atom. The van der Waals surface area contributed by atoms with E-state index in [1.54, 1.807) is 24.8 Å². The lowest BCUT2D eigenvalue weighted by Crippen LogP contribution is -2.47. The summed E-state index contributed by atoms with van der Waals surface area (Å²) in [6, 6.07) is 5.51. The summed E-state index contributed by atoms with van der Waals surface area (Å²) >= 11 is 3.37. The van der Waals surface area contributed by atoms with Crippen molar-refractivity contribution in [3.05, 3.63) is 28.2 Å². The molecule has 0 unspecified atom stereocenters. The molecule has 1 heterocycles. The molecular weight excluding hydrogens is 284 g/mol. The van der Waals surface area contributed by atoms with Crippen LogP contribution < -0.4 is 5.32 Å². The fourth-order valence-electron chi connectivity index (χ4n) is 1.87. The highest BCUT2D eigenvalue weighted by atomic mass is 79.9. The van der Waals surface area contributed by atoms with Gasteiger partial charge in [0.2, 0.25) is 0 Å². The first-order valence-corrected chi connectivity index (χ1v) is 6.21. The third-order valence-electron chi connectivity index (χ3n) is 2.54. The second-order valence-corrected chi connectivity index (χ2v) is 5.76. The Bertz CT molecular complexity index is 454. The Kier molecular flexibility index (Phi) is 3.14. The summed E-state index contributed by atoms with van der Waals surface area (Å²) in [7, 11) is 0. The van der Waals surface area contributed by atoms with Gasteiger partial charge in [-0.2, -0.15) is 0 Å². The molecule has 1 aliphatic rings. The lowest BCUT2D eigenvalue weighted by Gasteiger charge is -2.33. The molecule has 0 fully saturated rings. The molecule has 0 aliphatic carbocycles. The molecule has 2 rings (SSSR count). The number of nitrogens with one attached hydrogen (secondary N) is 1. The Balaban J connectivity index is 2.25. The van der Waals surface area contributed by atoms with Crippen LogP contribution in [0.5, 0.6) is 0 Å². The molecule has 0 spiro atoms. The number of carbonyl (C=O) groups excluding carboxylic acids is 1. The number of rotatable bonds is 2. The summed E-state index contributed by atoms with van der Waals surface area (Å²) in [6.45, 7) is 4.12. The van der Waals surface area contributed by atoms with Gasteiger partial charge in [-0.05, 0) is 32.0 Å². The maximum absolute atomic E-state index is 12.2. The Hall–Kier alpha value is -1.07. The van der Waals surface area contributed by atoms with E-state index < -0.39 is 5.60 Å². The summed E-state index contributed by atoms with van der Waals surface area (Å²) in [5.41, 5.74) is 0.588. The summed E-state index contributed by atoms with van der Waals surface area (Å²) in [5.74, 6) is -0.0478. The number of hydrogen-bond acceptors (Lipinski definition) is 3. The monoisotopic (exact) mass is 298 g/mol. The van der Waals surface area contributed by atoms with E-state index >= 15 is 0 Å². The standard InChI is InChI=1S/C12H15BrN2O2/c1-12(2,17)6-15-7-14-10-5-8(13)3-4-9(10)11(15)16/h3-5,14,17H,6-7H2,1-2H3. The van der Waals surface area contributed by atoms with E-state index in [0.29, 0.717) is 18.8 Å². The highest BCUT2D eigenvalue weighted by Crippen LogP contribution is 2.26. The Morgan fingerprint density at radius 3 is 2.88 bits per heavy atom. The third-order valence-corrected chi connectivity index (χ3v) is 3.03. The van der Waals surface area contributed by atoms with Crippen molar-refractivity contribution in [1.82, 2.24) is 4.90 Å². The average Bonchev–Trinajstić information content (AvgIpc) is 2.20. The van der Waals surface area contributed by atoms with Crippen LogP contribution >= 0.6 is 15.9 Å². The Morgan fingerprint density at radius 1 is 1.53 bits per heavy atom. The van der Waals surface area contributed by atoms with Crippen LogP contribution in [0.1, 0.15) is 24.2 Å². The van der Waals surface area contributed by atoms with Crippen molar-refractivity contribution < 1.29 is 9.90 Å². The van der Waals surface area contributed by atoms with Crippen molar-refractivity contribution >= 4 is 27.5 Å². The lowest BCUT2D eigenvalue weighted by atomic mass is 10.1. The van der Waals surface area contributed by atoms with Gasteiger partial charge in [-0.15, -0.1) is 0 Å². The highest BCUT2D eigenvalue weighted by Gasteiger charge is 2.28. The van der Waals surface area contributed by atoms with Gasteiger partial charge in [0.15, 0.2) is 0 Å². The van der Waals surface area contributed by atoms with Crippen molar-refractivity contribution in [3.8, 4) is 0 Å². The van der Waals surface area contributed by atoms with Crippen molar-refractivity contribution in [2.75, 3.05) is 18.5 Å². The summed E-state index contributed by atoms with van der Waals surface area (Å²) < 4.78 is 0.937. The van der Waals surface area contributed by atoms with Crippen LogP contribution in [0.25, 0.3) is 0 Å². The second-order valence-electron chi connectivity index (χ2n) is 4.84. The molecule has 0 aromatic heterocycles. The maximum Gasteiger partial charge on any atom is 0.257 e. The predicted molar refractivity (Wildman–Crippen MR) is 70.0 cm³/mol. The van der Waals surface area contributed by atoms with Crippen molar-refractivity contribution in [2.45, 2.75) is 19.4 Å². The molecule has 1 amide bonds. The molecule has 92 valence electrons. The van der Waals surface area contributed by atoms with Crippen LogP contribution in [0.2, 0.25) is 0 Å². The largest absolute Gasteiger partial charge is 0.389 e. The molecule has 1 aromatic rings. The fourth-order valence-corrected chi connectivity index (χ4v) is 2.23. The van der Waals surface area contributed by atoms with E-state index in [2.05, 4.69) is 21.2 Å². The first kappa shape index (κ1) is 12.4. The van der Waals surface area contributed by atoms with Crippen LogP contribution in [0.15, 0.2) is 22.7 Å². The first-order valence-electron chi connectivity index (χ1n) is 5.42. The smallest absolute Gasteiger partial charge is 0.257 e. The van der Waals surface area contributed by atoms with E-state index in [4.69, 9.17) is 0 Å². The second kappa shape index (κ2) is 4.31. The van der Waals surface area contributed by atoms with Gasteiger partial charge in [-0.3, -0.25) is 4.79 Å². The van der Waals surface area contributed by atoms with E-state index in [1.807, 2.05) is 12.1 Å². The van der Waals surface area contributed by atoms with Crippen LogP contribution in [0.4, 0.5) is 5.69 Å². The summed E-state index contributed by atoms with van der Waals surface area (Å²) in [5, 5.41) is 12.9. The molecule has 1 aromatic carbocycles. The van der Waals surface area contributed by atoms with E-state index in [1.165, 1.54) is 0 Å². The van der Waals surface area contributed by atoms with Crippen molar-refractivity contribution in [2.24, 2.45) is 0 Å². The zero-order valence-electron chi connectivity index (χ0n) is 9.83. The van der Waals surface area contributed by atoms with Gasteiger partial charge in [0.1, 0.15) is 0 Å². The minimum atomic E-state index is -0.885. The van der Waals surface area contributed by atoms with Crippen LogP contribution in [0.3, 0.4) is 0 Å². The van der Waals surface area contributed by atoms with Gasteiger partial charge >= 0.3 is 0 Å². The van der Waals surface area contributed by atoms with E-state index in [0.717, 1.165) is 10.2 Å². The number of fused-ring (bicyclic) bond motifs is 1. The summed E-state index contributed by atoms with van der Waals surface area (Å²) in [4.78, 5) is 13.8. The zero-order valence-corrected chi connectivity index (χ0v) is 11.4. The number of amides is 1. The van der Waals surface area contributed by atoms with E-state index in [9.17, 15) is 9.90 Å².